The third-order valence-electron chi connectivity index (χ3n) is 3.67. The standard InChI is InChI=1S/C17H16N2O/c1-12-16(14-10-6-7-11-15(14)19(12)2)18-17(20)13-8-4-3-5-9-13/h3-11H,1-2H3,(H,18,20). The number of hydrogen-bond donors (Lipinski definition) is 1. The number of carbonyl (C=O) groups excluding carboxylic acids is 1. The normalized spacial score (nSPS) is 10.7. The molecule has 20 heavy (non-hydrogen) atoms. The Morgan fingerprint density at radius 1 is 1.00 bits per heavy atom. The van der Waals surface area contributed by atoms with Crippen LogP contribution in [-0.2, 0) is 7.05 Å². The van der Waals surface area contributed by atoms with Crippen molar-refractivity contribution < 1.29 is 4.79 Å². The molecule has 0 saturated carbocycles. The average Bonchev–Trinajstić information content (AvgIpc) is 2.74. The molecule has 100 valence electrons. The van der Waals surface area contributed by atoms with E-state index in [9.17, 15) is 4.79 Å². The summed E-state index contributed by atoms with van der Waals surface area (Å²) in [5, 5.41) is 4.10. The van der Waals surface area contributed by atoms with Gasteiger partial charge in [0.05, 0.1) is 11.2 Å². The molecule has 2 aromatic carbocycles. The van der Waals surface area contributed by atoms with E-state index in [0.29, 0.717) is 5.56 Å². The van der Waals surface area contributed by atoms with Gasteiger partial charge in [-0.15, -0.1) is 0 Å². The van der Waals surface area contributed by atoms with Crippen LogP contribution in [-0.4, -0.2) is 10.5 Å². The molecular weight excluding hydrogens is 248 g/mol. The fraction of sp³-hybridized carbons (Fsp3) is 0.118. The highest BCUT2D eigenvalue weighted by atomic mass is 16.1. The first-order chi connectivity index (χ1) is 9.68. The van der Waals surface area contributed by atoms with Crippen LogP contribution in [0.3, 0.4) is 0 Å². The highest BCUT2D eigenvalue weighted by Gasteiger charge is 2.14. The maximum atomic E-state index is 12.3. The molecular formula is C17H16N2O. The van der Waals surface area contributed by atoms with Gasteiger partial charge >= 0.3 is 0 Å². The zero-order chi connectivity index (χ0) is 14.1. The van der Waals surface area contributed by atoms with Crippen molar-refractivity contribution in [3.63, 3.8) is 0 Å². The molecule has 0 unspecified atom stereocenters. The van der Waals surface area contributed by atoms with Gasteiger partial charge < -0.3 is 9.88 Å². The molecule has 0 aliphatic carbocycles. The van der Waals surface area contributed by atoms with Crippen LogP contribution < -0.4 is 5.32 Å². The Labute approximate surface area is 117 Å². The molecule has 3 heteroatoms. The van der Waals surface area contributed by atoms with E-state index in [4.69, 9.17) is 0 Å². The SMILES string of the molecule is Cc1c(NC(=O)c2ccccc2)c2ccccc2n1C. The van der Waals surface area contributed by atoms with E-state index in [1.807, 2.05) is 62.5 Å². The van der Waals surface area contributed by atoms with E-state index >= 15 is 0 Å². The van der Waals surface area contributed by atoms with Crippen molar-refractivity contribution in [1.29, 1.82) is 0 Å². The number of benzene rings is 2. The molecule has 1 aromatic heterocycles. The van der Waals surface area contributed by atoms with Gasteiger partial charge in [0.1, 0.15) is 0 Å². The topological polar surface area (TPSA) is 34.0 Å². The number of carbonyl (C=O) groups is 1. The fourth-order valence-corrected chi connectivity index (χ4v) is 2.45. The molecule has 1 heterocycles. The number of aromatic nitrogens is 1. The number of amides is 1. The maximum Gasteiger partial charge on any atom is 0.255 e. The Morgan fingerprint density at radius 3 is 2.40 bits per heavy atom. The average molecular weight is 264 g/mol. The van der Waals surface area contributed by atoms with Crippen molar-refractivity contribution in [3.8, 4) is 0 Å². The summed E-state index contributed by atoms with van der Waals surface area (Å²) in [6.07, 6.45) is 0. The van der Waals surface area contributed by atoms with E-state index in [2.05, 4.69) is 16.0 Å². The molecule has 0 aliphatic heterocycles. The third kappa shape index (κ3) is 1.97. The smallest absolute Gasteiger partial charge is 0.255 e. The van der Waals surface area contributed by atoms with Gasteiger partial charge in [0.15, 0.2) is 0 Å². The quantitative estimate of drug-likeness (QED) is 0.751. The fourth-order valence-electron chi connectivity index (χ4n) is 2.45. The number of aryl methyl sites for hydroxylation is 1. The second kappa shape index (κ2) is 4.85. The molecule has 3 aromatic rings. The highest BCUT2D eigenvalue weighted by molar-refractivity contribution is 6.10. The predicted octanol–water partition coefficient (Wildman–Crippen LogP) is 3.74. The molecule has 0 bridgehead atoms. The van der Waals surface area contributed by atoms with Crippen molar-refractivity contribution in [3.05, 3.63) is 65.9 Å². The molecule has 3 nitrogen and oxygen atoms in total. The number of hydrogen-bond acceptors (Lipinski definition) is 1. The monoisotopic (exact) mass is 264 g/mol. The minimum atomic E-state index is -0.0787. The molecule has 0 fully saturated rings. The second-order valence-corrected chi connectivity index (χ2v) is 4.86. The summed E-state index contributed by atoms with van der Waals surface area (Å²) in [5.74, 6) is -0.0787. The molecule has 0 aliphatic rings. The Morgan fingerprint density at radius 2 is 1.65 bits per heavy atom. The van der Waals surface area contributed by atoms with Gasteiger partial charge in [-0.1, -0.05) is 36.4 Å². The maximum absolute atomic E-state index is 12.3. The largest absolute Gasteiger partial charge is 0.346 e. The van der Waals surface area contributed by atoms with Crippen molar-refractivity contribution in [2.75, 3.05) is 5.32 Å². The summed E-state index contributed by atoms with van der Waals surface area (Å²) >= 11 is 0. The van der Waals surface area contributed by atoms with E-state index in [1.54, 1.807) is 0 Å². The molecule has 0 saturated heterocycles. The lowest BCUT2D eigenvalue weighted by molar-refractivity contribution is 0.102. The lowest BCUT2D eigenvalue weighted by Crippen LogP contribution is -2.12. The number of fused-ring (bicyclic) bond motifs is 1. The first-order valence-electron chi connectivity index (χ1n) is 6.59. The summed E-state index contributed by atoms with van der Waals surface area (Å²) in [6, 6.07) is 17.3. The Hall–Kier alpha value is -2.55. The van der Waals surface area contributed by atoms with Crippen molar-refractivity contribution in [2.24, 2.45) is 7.05 Å². The van der Waals surface area contributed by atoms with Crippen LogP contribution >= 0.6 is 0 Å². The summed E-state index contributed by atoms with van der Waals surface area (Å²) in [4.78, 5) is 12.3. The van der Waals surface area contributed by atoms with Crippen LogP contribution in [0.4, 0.5) is 5.69 Å². The first-order valence-corrected chi connectivity index (χ1v) is 6.59. The number of anilines is 1. The molecule has 0 atom stereocenters. The zero-order valence-electron chi connectivity index (χ0n) is 11.6. The number of nitrogens with zero attached hydrogens (tertiary/aromatic N) is 1. The van der Waals surface area contributed by atoms with Gasteiger partial charge in [-0.05, 0) is 25.1 Å². The molecule has 0 radical (unpaired) electrons. The van der Waals surface area contributed by atoms with E-state index in [-0.39, 0.29) is 5.91 Å². The lowest BCUT2D eigenvalue weighted by atomic mass is 10.2. The van der Waals surface area contributed by atoms with Gasteiger partial charge in [-0.3, -0.25) is 4.79 Å². The molecule has 1 N–H and O–H groups in total. The van der Waals surface area contributed by atoms with Crippen molar-refractivity contribution >= 4 is 22.5 Å². The second-order valence-electron chi connectivity index (χ2n) is 4.86. The van der Waals surface area contributed by atoms with Crippen LogP contribution in [0.2, 0.25) is 0 Å². The third-order valence-corrected chi connectivity index (χ3v) is 3.67. The van der Waals surface area contributed by atoms with Crippen molar-refractivity contribution in [1.82, 2.24) is 4.57 Å². The van der Waals surface area contributed by atoms with E-state index in [1.165, 1.54) is 0 Å². The summed E-state index contributed by atoms with van der Waals surface area (Å²) in [7, 11) is 2.01. The predicted molar refractivity (Wildman–Crippen MR) is 82.1 cm³/mol. The minimum absolute atomic E-state index is 0.0787. The Kier molecular flexibility index (Phi) is 3.03. The molecule has 1 amide bonds. The first kappa shape index (κ1) is 12.5. The number of nitrogens with one attached hydrogen (secondary N) is 1. The number of para-hydroxylation sites is 1. The minimum Gasteiger partial charge on any atom is -0.346 e. The Bertz CT molecular complexity index is 772. The molecule has 3 rings (SSSR count). The van der Waals surface area contributed by atoms with Gasteiger partial charge in [0.25, 0.3) is 5.91 Å². The van der Waals surface area contributed by atoms with Crippen LogP contribution in [0.5, 0.6) is 0 Å². The van der Waals surface area contributed by atoms with Gasteiger partial charge in [0.2, 0.25) is 0 Å². The molecule has 0 spiro atoms. The van der Waals surface area contributed by atoms with Gasteiger partial charge in [-0.25, -0.2) is 0 Å². The van der Waals surface area contributed by atoms with E-state index < -0.39 is 0 Å². The van der Waals surface area contributed by atoms with Crippen LogP contribution in [0.1, 0.15) is 16.1 Å². The van der Waals surface area contributed by atoms with Crippen LogP contribution in [0, 0.1) is 6.92 Å². The van der Waals surface area contributed by atoms with Gasteiger partial charge in [-0.2, -0.15) is 0 Å². The van der Waals surface area contributed by atoms with Crippen LogP contribution in [0.15, 0.2) is 54.6 Å². The zero-order valence-corrected chi connectivity index (χ0v) is 11.6. The van der Waals surface area contributed by atoms with Crippen molar-refractivity contribution in [2.45, 2.75) is 6.92 Å². The highest BCUT2D eigenvalue weighted by Crippen LogP contribution is 2.29. The summed E-state index contributed by atoms with van der Waals surface area (Å²) < 4.78 is 2.09. The summed E-state index contributed by atoms with van der Waals surface area (Å²) in [5.41, 5.74) is 3.72. The van der Waals surface area contributed by atoms with E-state index in [0.717, 1.165) is 22.3 Å². The summed E-state index contributed by atoms with van der Waals surface area (Å²) in [6.45, 7) is 2.01. The van der Waals surface area contributed by atoms with Gasteiger partial charge in [0, 0.05) is 23.7 Å². The lowest BCUT2D eigenvalue weighted by Gasteiger charge is -2.06. The Balaban J connectivity index is 2.04. The van der Waals surface area contributed by atoms with Crippen LogP contribution in [0.25, 0.3) is 10.9 Å². The number of rotatable bonds is 2.